The number of benzene rings is 2. The van der Waals surface area contributed by atoms with Crippen molar-refractivity contribution in [3.8, 4) is 0 Å². The predicted molar refractivity (Wildman–Crippen MR) is 122 cm³/mol. The van der Waals surface area contributed by atoms with Crippen molar-refractivity contribution < 1.29 is 18.8 Å². The molecule has 1 aliphatic heterocycles. The summed E-state index contributed by atoms with van der Waals surface area (Å²) in [7, 11) is 0. The number of hydrogen-bond acceptors (Lipinski definition) is 3. The van der Waals surface area contributed by atoms with Gasteiger partial charge in [-0.25, -0.2) is 14.0 Å². The molecule has 0 aliphatic carbocycles. The average molecular weight is 442 g/mol. The summed E-state index contributed by atoms with van der Waals surface area (Å²) in [5, 5.41) is 11.0. The molecular formula is C23H28FN5O3. The monoisotopic (exact) mass is 441 g/mol. The van der Waals surface area contributed by atoms with Gasteiger partial charge in [0.1, 0.15) is 5.82 Å². The summed E-state index contributed by atoms with van der Waals surface area (Å²) in [4.78, 5) is 38.6. The number of urea groups is 2. The molecule has 5 amide bonds. The second kappa shape index (κ2) is 10.6. The zero-order valence-corrected chi connectivity index (χ0v) is 18.2. The van der Waals surface area contributed by atoms with Crippen molar-refractivity contribution >= 4 is 35.0 Å². The van der Waals surface area contributed by atoms with Crippen LogP contribution in [-0.2, 0) is 4.79 Å². The van der Waals surface area contributed by atoms with E-state index in [1.807, 2.05) is 13.8 Å². The van der Waals surface area contributed by atoms with Gasteiger partial charge in [0.05, 0.1) is 5.92 Å². The van der Waals surface area contributed by atoms with E-state index in [9.17, 15) is 18.8 Å². The highest BCUT2D eigenvalue weighted by atomic mass is 19.1. The smallest absolute Gasteiger partial charge is 0.323 e. The molecule has 2 aromatic carbocycles. The van der Waals surface area contributed by atoms with E-state index < -0.39 is 6.03 Å². The number of nitrogens with zero attached hydrogens (tertiary/aromatic N) is 1. The van der Waals surface area contributed by atoms with Crippen LogP contribution >= 0.6 is 0 Å². The van der Waals surface area contributed by atoms with Crippen LogP contribution in [0.2, 0.25) is 0 Å². The van der Waals surface area contributed by atoms with Gasteiger partial charge in [0.2, 0.25) is 5.91 Å². The number of carbonyl (C=O) groups excluding carboxylic acids is 3. The van der Waals surface area contributed by atoms with Crippen LogP contribution in [-0.4, -0.2) is 42.0 Å². The van der Waals surface area contributed by atoms with Crippen LogP contribution < -0.4 is 21.3 Å². The Kier molecular flexibility index (Phi) is 7.64. The van der Waals surface area contributed by atoms with Crippen LogP contribution in [0.4, 0.5) is 31.0 Å². The van der Waals surface area contributed by atoms with Crippen molar-refractivity contribution in [1.29, 1.82) is 0 Å². The lowest BCUT2D eigenvalue weighted by Gasteiger charge is -2.32. The topological polar surface area (TPSA) is 103 Å². The van der Waals surface area contributed by atoms with Gasteiger partial charge in [0.15, 0.2) is 0 Å². The molecule has 0 radical (unpaired) electrons. The van der Waals surface area contributed by atoms with Crippen molar-refractivity contribution in [2.75, 3.05) is 29.0 Å². The van der Waals surface area contributed by atoms with E-state index in [0.29, 0.717) is 30.2 Å². The number of hydrogen-bond donors (Lipinski definition) is 4. The molecule has 0 bridgehead atoms. The van der Waals surface area contributed by atoms with Gasteiger partial charge in [-0.05, 0) is 75.2 Å². The molecule has 1 saturated heterocycles. The summed E-state index contributed by atoms with van der Waals surface area (Å²) in [5.41, 5.74) is 1.58. The Labute approximate surface area is 186 Å². The Balaban J connectivity index is 1.50. The number of amides is 5. The molecule has 0 aromatic heterocycles. The molecule has 8 nitrogen and oxygen atoms in total. The zero-order chi connectivity index (χ0) is 23.1. The lowest BCUT2D eigenvalue weighted by molar-refractivity contribution is -0.126. The fourth-order valence-corrected chi connectivity index (χ4v) is 3.44. The van der Waals surface area contributed by atoms with E-state index in [-0.39, 0.29) is 29.7 Å². The van der Waals surface area contributed by atoms with E-state index in [4.69, 9.17) is 0 Å². The van der Waals surface area contributed by atoms with Crippen LogP contribution in [0.25, 0.3) is 0 Å². The molecule has 170 valence electrons. The molecule has 3 rings (SSSR count). The lowest BCUT2D eigenvalue weighted by atomic mass is 9.97. The van der Waals surface area contributed by atoms with Gasteiger partial charge >= 0.3 is 12.1 Å². The van der Waals surface area contributed by atoms with Gasteiger partial charge in [0, 0.05) is 36.2 Å². The molecule has 0 saturated carbocycles. The number of likely N-dealkylation sites (tertiary alicyclic amines) is 1. The average Bonchev–Trinajstić information content (AvgIpc) is 2.76. The quantitative estimate of drug-likeness (QED) is 0.558. The third-order valence-electron chi connectivity index (χ3n) is 5.01. The van der Waals surface area contributed by atoms with Gasteiger partial charge in [-0.1, -0.05) is 0 Å². The minimum atomic E-state index is -0.465. The summed E-state index contributed by atoms with van der Waals surface area (Å²) in [5.74, 6) is -0.609. The molecule has 1 fully saturated rings. The van der Waals surface area contributed by atoms with E-state index in [2.05, 4.69) is 21.3 Å². The van der Waals surface area contributed by atoms with Gasteiger partial charge in [-0.3, -0.25) is 4.79 Å². The third kappa shape index (κ3) is 6.69. The first-order chi connectivity index (χ1) is 15.3. The Morgan fingerprint density at radius 3 is 2.00 bits per heavy atom. The standard InChI is InChI=1S/C23H28FN5O3/c1-15(2)25-21(30)16-4-3-13-29(14-16)23(32)28-20-11-9-19(10-12-20)27-22(31)26-18-7-5-17(24)6-8-18/h5-12,15-16H,3-4,13-14H2,1-2H3,(H,25,30)(H,28,32)(H2,26,27,31)/t16-/m0/s1. The number of nitrogens with one attached hydrogen (secondary N) is 4. The molecule has 32 heavy (non-hydrogen) atoms. The largest absolute Gasteiger partial charge is 0.354 e. The summed E-state index contributed by atoms with van der Waals surface area (Å²) in [6, 6.07) is 11.5. The number of rotatable bonds is 5. The Morgan fingerprint density at radius 1 is 0.906 bits per heavy atom. The first kappa shape index (κ1) is 23.1. The highest BCUT2D eigenvalue weighted by Crippen LogP contribution is 2.19. The second-order valence-electron chi connectivity index (χ2n) is 8.04. The third-order valence-corrected chi connectivity index (χ3v) is 5.01. The van der Waals surface area contributed by atoms with Gasteiger partial charge in [-0.2, -0.15) is 0 Å². The maximum Gasteiger partial charge on any atom is 0.323 e. The Morgan fingerprint density at radius 2 is 1.44 bits per heavy atom. The number of piperidine rings is 1. The van der Waals surface area contributed by atoms with Crippen LogP contribution in [0.3, 0.4) is 0 Å². The first-order valence-corrected chi connectivity index (χ1v) is 10.6. The van der Waals surface area contributed by atoms with Crippen LogP contribution in [0, 0.1) is 11.7 Å². The molecule has 1 heterocycles. The molecule has 0 spiro atoms. The molecule has 2 aromatic rings. The molecular weight excluding hydrogens is 413 g/mol. The van der Waals surface area contributed by atoms with E-state index in [1.54, 1.807) is 29.2 Å². The Bertz CT molecular complexity index is 947. The van der Waals surface area contributed by atoms with Crippen molar-refractivity contribution in [3.63, 3.8) is 0 Å². The van der Waals surface area contributed by atoms with Crippen molar-refractivity contribution in [2.45, 2.75) is 32.7 Å². The van der Waals surface area contributed by atoms with Crippen LogP contribution in [0.1, 0.15) is 26.7 Å². The van der Waals surface area contributed by atoms with Crippen LogP contribution in [0.5, 0.6) is 0 Å². The summed E-state index contributed by atoms with van der Waals surface area (Å²) in [6.07, 6.45) is 1.54. The fourth-order valence-electron chi connectivity index (χ4n) is 3.44. The summed E-state index contributed by atoms with van der Waals surface area (Å²) in [6.45, 7) is 4.81. The fraction of sp³-hybridized carbons (Fsp3) is 0.348. The van der Waals surface area contributed by atoms with Gasteiger partial charge in [0.25, 0.3) is 0 Å². The zero-order valence-electron chi connectivity index (χ0n) is 18.2. The van der Waals surface area contributed by atoms with E-state index >= 15 is 0 Å². The van der Waals surface area contributed by atoms with Gasteiger partial charge < -0.3 is 26.2 Å². The highest BCUT2D eigenvalue weighted by molar-refractivity contribution is 6.00. The Hall–Kier alpha value is -3.62. The molecule has 0 unspecified atom stereocenters. The molecule has 9 heteroatoms. The highest BCUT2D eigenvalue weighted by Gasteiger charge is 2.28. The number of anilines is 3. The van der Waals surface area contributed by atoms with E-state index in [0.717, 1.165) is 12.8 Å². The lowest BCUT2D eigenvalue weighted by Crippen LogP contribution is -2.47. The summed E-state index contributed by atoms with van der Waals surface area (Å²) < 4.78 is 12.9. The maximum absolute atomic E-state index is 12.9. The van der Waals surface area contributed by atoms with Gasteiger partial charge in [-0.15, -0.1) is 0 Å². The molecule has 1 aliphatic rings. The van der Waals surface area contributed by atoms with Crippen molar-refractivity contribution in [3.05, 3.63) is 54.3 Å². The predicted octanol–water partition coefficient (Wildman–Crippen LogP) is 4.24. The SMILES string of the molecule is CC(C)NC(=O)[C@H]1CCCN(C(=O)Nc2ccc(NC(=O)Nc3ccc(F)cc3)cc2)C1. The van der Waals surface area contributed by atoms with Crippen molar-refractivity contribution in [1.82, 2.24) is 10.2 Å². The van der Waals surface area contributed by atoms with E-state index in [1.165, 1.54) is 24.3 Å². The van der Waals surface area contributed by atoms with Crippen LogP contribution in [0.15, 0.2) is 48.5 Å². The minimum Gasteiger partial charge on any atom is -0.354 e. The van der Waals surface area contributed by atoms with Crippen molar-refractivity contribution in [2.24, 2.45) is 5.92 Å². The molecule has 4 N–H and O–H groups in total. The number of halogens is 1. The normalized spacial score (nSPS) is 15.8. The summed E-state index contributed by atoms with van der Waals surface area (Å²) >= 11 is 0. The number of carbonyl (C=O) groups is 3. The molecule has 1 atom stereocenters. The second-order valence-corrected chi connectivity index (χ2v) is 8.04. The maximum atomic E-state index is 12.9. The first-order valence-electron chi connectivity index (χ1n) is 10.6. The minimum absolute atomic E-state index is 0.0214.